The second-order valence-corrected chi connectivity index (χ2v) is 11.6. The van der Waals surface area contributed by atoms with Crippen LogP contribution >= 0.6 is 0 Å². The lowest BCUT2D eigenvalue weighted by molar-refractivity contribution is 0.242. The molecule has 1 aromatic heterocycles. The first-order chi connectivity index (χ1) is 15.5. The summed E-state index contributed by atoms with van der Waals surface area (Å²) in [5, 5.41) is -1.27. The molecule has 2 aromatic carbocycles. The van der Waals surface area contributed by atoms with Crippen molar-refractivity contribution in [1.82, 2.24) is 9.71 Å². The van der Waals surface area contributed by atoms with Crippen molar-refractivity contribution in [3.63, 3.8) is 0 Å². The van der Waals surface area contributed by atoms with E-state index in [1.54, 1.807) is 12.1 Å². The van der Waals surface area contributed by atoms with Gasteiger partial charge in [-0.15, -0.1) is 0 Å². The van der Waals surface area contributed by atoms with Crippen molar-refractivity contribution < 1.29 is 26.0 Å². The van der Waals surface area contributed by atoms with Gasteiger partial charge >= 0.3 is 0 Å². The predicted octanol–water partition coefficient (Wildman–Crippen LogP) is 3.81. The number of hydrogen-bond acceptors (Lipinski definition) is 6. The van der Waals surface area contributed by atoms with Crippen molar-refractivity contribution in [1.29, 1.82) is 0 Å². The first kappa shape index (κ1) is 24.8. The minimum Gasteiger partial charge on any atom is -0.491 e. The molecule has 0 saturated carbocycles. The molecule has 0 amide bonds. The number of nitrogens with zero attached hydrogens (tertiary/aromatic N) is 1. The van der Waals surface area contributed by atoms with Gasteiger partial charge < -0.3 is 4.74 Å². The van der Waals surface area contributed by atoms with Gasteiger partial charge in [0.05, 0.1) is 15.9 Å². The molecule has 3 rings (SSSR count). The zero-order valence-corrected chi connectivity index (χ0v) is 20.0. The summed E-state index contributed by atoms with van der Waals surface area (Å²) in [5.74, 6) is -0.0103. The van der Waals surface area contributed by atoms with Gasteiger partial charge in [-0.05, 0) is 80.4 Å². The van der Waals surface area contributed by atoms with E-state index >= 15 is 0 Å². The number of hydrogen-bond donors (Lipinski definition) is 1. The van der Waals surface area contributed by atoms with Gasteiger partial charge in [0, 0.05) is 18.9 Å². The molecule has 0 saturated heterocycles. The molecular formula is C23H25FN2O5S2. The Bertz CT molecular complexity index is 1310. The van der Waals surface area contributed by atoms with Gasteiger partial charge in [0.1, 0.15) is 16.8 Å². The monoisotopic (exact) mass is 492 g/mol. The van der Waals surface area contributed by atoms with E-state index in [-0.39, 0.29) is 21.5 Å². The summed E-state index contributed by atoms with van der Waals surface area (Å²) in [6.45, 7) is 4.74. The van der Waals surface area contributed by atoms with Crippen molar-refractivity contribution in [3.05, 3.63) is 83.9 Å². The number of aromatic nitrogens is 1. The molecule has 0 aliphatic rings. The highest BCUT2D eigenvalue weighted by Gasteiger charge is 2.31. The van der Waals surface area contributed by atoms with Crippen molar-refractivity contribution in [3.8, 4) is 5.75 Å². The minimum absolute atomic E-state index is 0.0291. The zero-order chi connectivity index (χ0) is 24.2. The lowest BCUT2D eigenvalue weighted by atomic mass is 10.2. The van der Waals surface area contributed by atoms with Crippen molar-refractivity contribution in [2.24, 2.45) is 0 Å². The van der Waals surface area contributed by atoms with Crippen molar-refractivity contribution >= 4 is 19.9 Å². The lowest BCUT2D eigenvalue weighted by Gasteiger charge is -2.19. The largest absolute Gasteiger partial charge is 0.491 e. The Morgan fingerprint density at radius 1 is 1.00 bits per heavy atom. The molecule has 0 spiro atoms. The Morgan fingerprint density at radius 2 is 1.67 bits per heavy atom. The third kappa shape index (κ3) is 5.95. The summed E-state index contributed by atoms with van der Waals surface area (Å²) < 4.78 is 74.1. The maximum Gasteiger partial charge on any atom is 0.240 e. The van der Waals surface area contributed by atoms with Crippen LogP contribution in [0.2, 0.25) is 0 Å². The number of halogens is 1. The molecule has 0 aliphatic carbocycles. The third-order valence-corrected chi connectivity index (χ3v) is 8.39. The smallest absolute Gasteiger partial charge is 0.240 e. The Kier molecular flexibility index (Phi) is 7.51. The fraction of sp³-hybridized carbons (Fsp3) is 0.261. The molecule has 176 valence electrons. The number of aryl methyl sites for hydroxylation is 1. The molecule has 1 atom stereocenters. The van der Waals surface area contributed by atoms with Gasteiger partial charge in [-0.1, -0.05) is 6.07 Å². The van der Waals surface area contributed by atoms with Crippen molar-refractivity contribution in [2.75, 3.05) is 6.54 Å². The standard InChI is InChI=1S/C23H25FN2O5S2/c1-16(2)31-19-6-8-20(9-7-19)33(29,30)26-15-23(18-5-4-12-25-14-18)32(27,28)21-10-11-22(24)17(3)13-21/h4-14,16,23,26H,15H2,1-3H3. The first-order valence-electron chi connectivity index (χ1n) is 10.2. The van der Waals surface area contributed by atoms with Crippen LogP contribution in [0.5, 0.6) is 5.75 Å². The maximum absolute atomic E-state index is 13.7. The number of benzene rings is 2. The normalized spacial score (nSPS) is 13.1. The molecule has 0 fully saturated rings. The Labute approximate surface area is 193 Å². The maximum atomic E-state index is 13.7. The van der Waals surface area contributed by atoms with Crippen LogP contribution < -0.4 is 9.46 Å². The van der Waals surface area contributed by atoms with E-state index in [2.05, 4.69) is 9.71 Å². The highest BCUT2D eigenvalue weighted by Crippen LogP contribution is 2.29. The van der Waals surface area contributed by atoms with Crippen LogP contribution in [0.1, 0.15) is 30.2 Å². The summed E-state index contributed by atoms with van der Waals surface area (Å²) in [7, 11) is -8.09. The number of sulfonamides is 1. The second-order valence-electron chi connectivity index (χ2n) is 7.72. The summed E-state index contributed by atoms with van der Waals surface area (Å²) in [4.78, 5) is 3.83. The average Bonchev–Trinajstić information content (AvgIpc) is 2.76. The lowest BCUT2D eigenvalue weighted by Crippen LogP contribution is -2.32. The number of sulfone groups is 1. The summed E-state index contributed by atoms with van der Waals surface area (Å²) in [5.41, 5.74) is 0.480. The molecule has 1 N–H and O–H groups in total. The Hall–Kier alpha value is -2.82. The van der Waals surface area contributed by atoms with Crippen LogP contribution in [0.3, 0.4) is 0 Å². The van der Waals surface area contributed by atoms with Crippen molar-refractivity contribution in [2.45, 2.75) is 41.9 Å². The molecule has 7 nitrogen and oxygen atoms in total. The van der Waals surface area contributed by atoms with E-state index in [0.29, 0.717) is 11.3 Å². The summed E-state index contributed by atoms with van der Waals surface area (Å²) in [6, 6.07) is 12.4. The highest BCUT2D eigenvalue weighted by molar-refractivity contribution is 7.92. The van der Waals surface area contributed by atoms with E-state index in [1.807, 2.05) is 13.8 Å². The van der Waals surface area contributed by atoms with E-state index < -0.39 is 37.5 Å². The van der Waals surface area contributed by atoms with E-state index in [0.717, 1.165) is 6.07 Å². The number of ether oxygens (including phenoxy) is 1. The van der Waals surface area contributed by atoms with Crippen LogP contribution in [-0.2, 0) is 19.9 Å². The molecule has 0 aliphatic heterocycles. The first-order valence-corrected chi connectivity index (χ1v) is 13.2. The average molecular weight is 493 g/mol. The highest BCUT2D eigenvalue weighted by atomic mass is 32.2. The van der Waals surface area contributed by atoms with Crippen LogP contribution in [0, 0.1) is 12.7 Å². The molecule has 1 heterocycles. The predicted molar refractivity (Wildman–Crippen MR) is 123 cm³/mol. The zero-order valence-electron chi connectivity index (χ0n) is 18.4. The summed E-state index contributed by atoms with van der Waals surface area (Å²) in [6.07, 6.45) is 2.79. The van der Waals surface area contributed by atoms with Crippen LogP contribution in [-0.4, -0.2) is 34.5 Å². The third-order valence-electron chi connectivity index (χ3n) is 4.85. The topological polar surface area (TPSA) is 102 Å². The number of rotatable bonds is 9. The minimum atomic E-state index is -4.07. The van der Waals surface area contributed by atoms with E-state index in [9.17, 15) is 21.2 Å². The molecule has 1 unspecified atom stereocenters. The number of nitrogens with one attached hydrogen (secondary N) is 1. The fourth-order valence-corrected chi connectivity index (χ4v) is 6.05. The van der Waals surface area contributed by atoms with Gasteiger partial charge in [0.25, 0.3) is 0 Å². The second kappa shape index (κ2) is 9.98. The molecule has 10 heteroatoms. The number of pyridine rings is 1. The van der Waals surface area contributed by atoms with E-state index in [4.69, 9.17) is 4.74 Å². The SMILES string of the molecule is Cc1cc(S(=O)(=O)C(CNS(=O)(=O)c2ccc(OC(C)C)cc2)c2cccnc2)ccc1F. The fourth-order valence-electron chi connectivity index (χ4n) is 3.17. The van der Waals surface area contributed by atoms with Crippen LogP contribution in [0.25, 0.3) is 0 Å². The molecule has 0 bridgehead atoms. The van der Waals surface area contributed by atoms with Gasteiger partial charge in [0.15, 0.2) is 9.84 Å². The molecule has 0 radical (unpaired) electrons. The Morgan fingerprint density at radius 3 is 2.24 bits per heavy atom. The van der Waals surface area contributed by atoms with Crippen LogP contribution in [0.15, 0.2) is 76.8 Å². The van der Waals surface area contributed by atoms with Gasteiger partial charge in [-0.3, -0.25) is 4.98 Å². The Balaban J connectivity index is 1.91. The van der Waals surface area contributed by atoms with Crippen LogP contribution in [0.4, 0.5) is 4.39 Å². The quantitative estimate of drug-likeness (QED) is 0.456. The van der Waals surface area contributed by atoms with Gasteiger partial charge in [0.2, 0.25) is 10.0 Å². The van der Waals surface area contributed by atoms with Gasteiger partial charge in [-0.25, -0.2) is 25.9 Å². The molecule has 33 heavy (non-hydrogen) atoms. The van der Waals surface area contributed by atoms with E-state index in [1.165, 1.54) is 55.7 Å². The molecular weight excluding hydrogens is 467 g/mol. The van der Waals surface area contributed by atoms with Gasteiger partial charge in [-0.2, -0.15) is 0 Å². The summed E-state index contributed by atoms with van der Waals surface area (Å²) >= 11 is 0. The molecule has 3 aromatic rings.